The van der Waals surface area contributed by atoms with Crippen LogP contribution >= 0.6 is 23.5 Å². The molecule has 0 fully saturated rings. The minimum atomic E-state index is -0.376. The normalized spacial score (nSPS) is 12.1. The SMILES string of the molecule is CSCC[C@@H](N)C(=O)NCCSc1ccccc1. The molecule has 1 rings (SSSR count). The quantitative estimate of drug-likeness (QED) is 0.566. The topological polar surface area (TPSA) is 55.1 Å². The van der Waals surface area contributed by atoms with Crippen molar-refractivity contribution in [1.82, 2.24) is 5.32 Å². The lowest BCUT2D eigenvalue weighted by Crippen LogP contribution is -2.41. The molecule has 100 valence electrons. The van der Waals surface area contributed by atoms with Crippen LogP contribution in [-0.4, -0.2) is 36.3 Å². The lowest BCUT2D eigenvalue weighted by Gasteiger charge is -2.11. The van der Waals surface area contributed by atoms with Crippen LogP contribution < -0.4 is 11.1 Å². The molecule has 0 bridgehead atoms. The summed E-state index contributed by atoms with van der Waals surface area (Å²) in [7, 11) is 0. The highest BCUT2D eigenvalue weighted by Crippen LogP contribution is 2.15. The summed E-state index contributed by atoms with van der Waals surface area (Å²) in [5.41, 5.74) is 5.76. The Balaban J connectivity index is 2.12. The van der Waals surface area contributed by atoms with E-state index >= 15 is 0 Å². The van der Waals surface area contributed by atoms with Gasteiger partial charge in [-0.2, -0.15) is 11.8 Å². The fourth-order valence-electron chi connectivity index (χ4n) is 1.37. The van der Waals surface area contributed by atoms with E-state index < -0.39 is 0 Å². The molecule has 5 heteroatoms. The van der Waals surface area contributed by atoms with E-state index in [1.807, 2.05) is 24.5 Å². The molecule has 0 spiro atoms. The molecule has 0 aliphatic carbocycles. The average Bonchev–Trinajstić information content (AvgIpc) is 2.41. The van der Waals surface area contributed by atoms with Crippen LogP contribution in [0.2, 0.25) is 0 Å². The fraction of sp³-hybridized carbons (Fsp3) is 0.462. The number of rotatable bonds is 8. The van der Waals surface area contributed by atoms with Gasteiger partial charge in [0.15, 0.2) is 0 Å². The minimum Gasteiger partial charge on any atom is -0.354 e. The summed E-state index contributed by atoms with van der Waals surface area (Å²) in [6, 6.07) is 9.78. The Morgan fingerprint density at radius 3 is 2.72 bits per heavy atom. The van der Waals surface area contributed by atoms with Crippen molar-refractivity contribution in [3.8, 4) is 0 Å². The Kier molecular flexibility index (Phi) is 7.96. The van der Waals surface area contributed by atoms with Crippen molar-refractivity contribution in [2.45, 2.75) is 17.4 Å². The van der Waals surface area contributed by atoms with Crippen molar-refractivity contribution < 1.29 is 4.79 Å². The van der Waals surface area contributed by atoms with E-state index in [0.717, 1.165) is 17.9 Å². The average molecular weight is 284 g/mol. The number of carbonyl (C=O) groups excluding carboxylic acids is 1. The van der Waals surface area contributed by atoms with Crippen molar-refractivity contribution in [1.29, 1.82) is 0 Å². The highest BCUT2D eigenvalue weighted by Gasteiger charge is 2.11. The van der Waals surface area contributed by atoms with Gasteiger partial charge < -0.3 is 11.1 Å². The predicted octanol–water partition coefficient (Wildman–Crippen LogP) is 1.98. The van der Waals surface area contributed by atoms with Crippen molar-refractivity contribution in [3.63, 3.8) is 0 Å². The Bertz CT molecular complexity index is 346. The van der Waals surface area contributed by atoms with Crippen LogP contribution in [0.1, 0.15) is 6.42 Å². The second-order valence-corrected chi connectivity index (χ2v) is 5.99. The molecule has 1 atom stereocenters. The van der Waals surface area contributed by atoms with Crippen LogP contribution in [-0.2, 0) is 4.79 Å². The summed E-state index contributed by atoms with van der Waals surface area (Å²) in [6.45, 7) is 0.658. The number of benzene rings is 1. The molecular weight excluding hydrogens is 264 g/mol. The summed E-state index contributed by atoms with van der Waals surface area (Å²) in [6.07, 6.45) is 2.75. The van der Waals surface area contributed by atoms with Gasteiger partial charge in [0.1, 0.15) is 0 Å². The molecule has 1 aromatic carbocycles. The van der Waals surface area contributed by atoms with E-state index in [1.54, 1.807) is 23.5 Å². The zero-order chi connectivity index (χ0) is 13.2. The summed E-state index contributed by atoms with van der Waals surface area (Å²) in [5.74, 6) is 1.75. The van der Waals surface area contributed by atoms with E-state index in [-0.39, 0.29) is 11.9 Å². The number of hydrogen-bond acceptors (Lipinski definition) is 4. The number of nitrogens with two attached hydrogens (primary N) is 1. The van der Waals surface area contributed by atoms with Gasteiger partial charge in [0.25, 0.3) is 0 Å². The third-order valence-corrected chi connectivity index (χ3v) is 4.04. The standard InChI is InChI=1S/C13H20N2OS2/c1-17-9-7-12(14)13(16)15-8-10-18-11-5-3-2-4-6-11/h2-6,12H,7-10,14H2,1H3,(H,15,16)/t12-/m1/s1. The number of amides is 1. The number of hydrogen-bond donors (Lipinski definition) is 2. The molecule has 0 unspecified atom stereocenters. The van der Waals surface area contributed by atoms with Gasteiger partial charge in [0.05, 0.1) is 6.04 Å². The number of nitrogens with one attached hydrogen (secondary N) is 1. The van der Waals surface area contributed by atoms with Crippen molar-refractivity contribution >= 4 is 29.4 Å². The van der Waals surface area contributed by atoms with E-state index in [0.29, 0.717) is 6.54 Å². The molecule has 1 amide bonds. The van der Waals surface area contributed by atoms with Crippen LogP contribution in [0, 0.1) is 0 Å². The van der Waals surface area contributed by atoms with Gasteiger partial charge in [-0.15, -0.1) is 11.8 Å². The molecule has 0 aliphatic rings. The lowest BCUT2D eigenvalue weighted by molar-refractivity contribution is -0.122. The number of thioether (sulfide) groups is 2. The molecular formula is C13H20N2OS2. The van der Waals surface area contributed by atoms with Crippen molar-refractivity contribution in [3.05, 3.63) is 30.3 Å². The first-order valence-electron chi connectivity index (χ1n) is 5.94. The zero-order valence-electron chi connectivity index (χ0n) is 10.6. The molecule has 0 saturated heterocycles. The zero-order valence-corrected chi connectivity index (χ0v) is 12.2. The van der Waals surface area contributed by atoms with E-state index in [4.69, 9.17) is 5.73 Å². The smallest absolute Gasteiger partial charge is 0.236 e. The molecule has 0 aromatic heterocycles. The Labute approximate surface area is 117 Å². The number of carbonyl (C=O) groups is 1. The molecule has 3 N–H and O–H groups in total. The van der Waals surface area contributed by atoms with E-state index in [1.165, 1.54) is 4.90 Å². The summed E-state index contributed by atoms with van der Waals surface area (Å²) < 4.78 is 0. The van der Waals surface area contributed by atoms with Gasteiger partial charge in [-0.05, 0) is 30.6 Å². The van der Waals surface area contributed by atoms with Crippen molar-refractivity contribution in [2.75, 3.05) is 24.3 Å². The Morgan fingerprint density at radius 2 is 2.06 bits per heavy atom. The second-order valence-electron chi connectivity index (χ2n) is 3.84. The molecule has 0 saturated carbocycles. The largest absolute Gasteiger partial charge is 0.354 e. The first-order valence-corrected chi connectivity index (χ1v) is 8.32. The first kappa shape index (κ1) is 15.4. The summed E-state index contributed by atoms with van der Waals surface area (Å²) in [4.78, 5) is 12.8. The molecule has 0 aliphatic heterocycles. The van der Waals surface area contributed by atoms with Gasteiger partial charge in [-0.3, -0.25) is 4.79 Å². The monoisotopic (exact) mass is 284 g/mol. The highest BCUT2D eigenvalue weighted by atomic mass is 32.2. The van der Waals surface area contributed by atoms with Crippen LogP contribution in [0.4, 0.5) is 0 Å². The third kappa shape index (κ3) is 6.33. The van der Waals surface area contributed by atoms with Gasteiger partial charge >= 0.3 is 0 Å². The van der Waals surface area contributed by atoms with E-state index in [2.05, 4.69) is 17.4 Å². The van der Waals surface area contributed by atoms with Crippen molar-refractivity contribution in [2.24, 2.45) is 5.73 Å². The molecule has 0 radical (unpaired) electrons. The molecule has 0 heterocycles. The summed E-state index contributed by atoms with van der Waals surface area (Å²) >= 11 is 3.44. The Morgan fingerprint density at radius 1 is 1.33 bits per heavy atom. The molecule has 1 aromatic rings. The summed E-state index contributed by atoms with van der Waals surface area (Å²) in [5, 5.41) is 2.87. The van der Waals surface area contributed by atoms with Crippen LogP contribution in [0.5, 0.6) is 0 Å². The van der Waals surface area contributed by atoms with Crippen LogP contribution in [0.15, 0.2) is 35.2 Å². The lowest BCUT2D eigenvalue weighted by atomic mass is 10.2. The third-order valence-electron chi connectivity index (χ3n) is 2.38. The maximum Gasteiger partial charge on any atom is 0.236 e. The van der Waals surface area contributed by atoms with Crippen LogP contribution in [0.25, 0.3) is 0 Å². The van der Waals surface area contributed by atoms with Gasteiger partial charge in [0.2, 0.25) is 5.91 Å². The molecule has 3 nitrogen and oxygen atoms in total. The first-order chi connectivity index (χ1) is 8.74. The maximum atomic E-state index is 11.6. The second kappa shape index (κ2) is 9.30. The maximum absolute atomic E-state index is 11.6. The predicted molar refractivity (Wildman–Crippen MR) is 81.2 cm³/mol. The van der Waals surface area contributed by atoms with E-state index in [9.17, 15) is 4.79 Å². The highest BCUT2D eigenvalue weighted by molar-refractivity contribution is 7.99. The van der Waals surface area contributed by atoms with Gasteiger partial charge in [-0.1, -0.05) is 18.2 Å². The molecule has 18 heavy (non-hydrogen) atoms. The van der Waals surface area contributed by atoms with Crippen LogP contribution in [0.3, 0.4) is 0 Å². The Hall–Kier alpha value is -0.650. The minimum absolute atomic E-state index is 0.0438. The van der Waals surface area contributed by atoms with Gasteiger partial charge in [-0.25, -0.2) is 0 Å². The fourth-order valence-corrected chi connectivity index (χ4v) is 2.65. The van der Waals surface area contributed by atoms with Gasteiger partial charge in [0, 0.05) is 17.2 Å².